The third kappa shape index (κ3) is 8.93. The summed E-state index contributed by atoms with van der Waals surface area (Å²) in [6.45, 7) is 3.61. The molecule has 0 bridgehead atoms. The van der Waals surface area contributed by atoms with E-state index in [0.717, 1.165) is 12.8 Å². The van der Waals surface area contributed by atoms with Gasteiger partial charge in [-0.15, -0.1) is 0 Å². The van der Waals surface area contributed by atoms with E-state index >= 15 is 0 Å². The summed E-state index contributed by atoms with van der Waals surface area (Å²) in [5.74, 6) is -0.210. The van der Waals surface area contributed by atoms with E-state index in [-0.39, 0.29) is 16.9 Å². The predicted octanol–water partition coefficient (Wildman–Crippen LogP) is 3.82. The van der Waals surface area contributed by atoms with E-state index in [1.165, 1.54) is 26.2 Å². The van der Waals surface area contributed by atoms with Crippen molar-refractivity contribution >= 4 is 40.5 Å². The average molecular weight is 335 g/mol. The number of nitrogens with one attached hydrogen (secondary N) is 3. The summed E-state index contributed by atoms with van der Waals surface area (Å²) in [6, 6.07) is 7.15. The summed E-state index contributed by atoms with van der Waals surface area (Å²) < 4.78 is 0. The van der Waals surface area contributed by atoms with Crippen molar-refractivity contribution in [3.05, 3.63) is 24.3 Å². The molecule has 0 aliphatic rings. The van der Waals surface area contributed by atoms with Gasteiger partial charge in [0.05, 0.1) is 0 Å². The van der Waals surface area contributed by atoms with Crippen LogP contribution in [-0.4, -0.2) is 16.9 Å². The molecule has 126 valence electrons. The summed E-state index contributed by atoms with van der Waals surface area (Å²) >= 11 is 5.13. The molecule has 3 N–H and O–H groups in total. The number of unbranched alkanes of at least 4 members (excludes halogenated alkanes) is 4. The van der Waals surface area contributed by atoms with Gasteiger partial charge in [-0.3, -0.25) is 9.59 Å². The van der Waals surface area contributed by atoms with Crippen molar-refractivity contribution in [2.75, 3.05) is 10.6 Å². The van der Waals surface area contributed by atoms with Crippen LogP contribution >= 0.6 is 12.2 Å². The lowest BCUT2D eigenvalue weighted by Gasteiger charge is -2.11. The monoisotopic (exact) mass is 335 g/mol. The molecular formula is C17H25N3O2S. The summed E-state index contributed by atoms with van der Waals surface area (Å²) in [5, 5.41) is 8.58. The number of carbonyl (C=O) groups is 2. The van der Waals surface area contributed by atoms with Gasteiger partial charge in [-0.25, -0.2) is 0 Å². The number of amides is 2. The minimum atomic E-state index is -0.138. The van der Waals surface area contributed by atoms with E-state index < -0.39 is 0 Å². The second kappa shape index (κ2) is 10.7. The number of thiocarbonyl (C=S) groups is 1. The highest BCUT2D eigenvalue weighted by Crippen LogP contribution is 2.15. The summed E-state index contributed by atoms with van der Waals surface area (Å²) in [4.78, 5) is 22.8. The Morgan fingerprint density at radius 2 is 1.70 bits per heavy atom. The van der Waals surface area contributed by atoms with Crippen LogP contribution < -0.4 is 16.0 Å². The van der Waals surface area contributed by atoms with Gasteiger partial charge in [0.25, 0.3) is 0 Å². The molecule has 0 saturated carbocycles. The molecule has 0 radical (unpaired) electrons. The Morgan fingerprint density at radius 1 is 1.04 bits per heavy atom. The average Bonchev–Trinajstić information content (AvgIpc) is 2.46. The molecule has 0 atom stereocenters. The van der Waals surface area contributed by atoms with Gasteiger partial charge in [0, 0.05) is 24.7 Å². The standard InChI is InChI=1S/C17H25N3O2S/c1-3-4-5-6-7-11-16(22)20-17(23)19-15-10-8-9-14(12-15)18-13(2)21/h8-10,12H,3-7,11H2,1-2H3,(H,18,21)(H2,19,20,22,23). The molecule has 1 aromatic rings. The minimum absolute atomic E-state index is 0.0722. The number of hydrogen-bond donors (Lipinski definition) is 3. The molecule has 0 heterocycles. The first-order valence-corrected chi connectivity index (χ1v) is 8.40. The maximum absolute atomic E-state index is 11.8. The van der Waals surface area contributed by atoms with Crippen molar-refractivity contribution < 1.29 is 9.59 Å². The second-order valence-electron chi connectivity index (χ2n) is 5.43. The van der Waals surface area contributed by atoms with Crippen molar-refractivity contribution in [2.45, 2.75) is 52.4 Å². The molecule has 0 aromatic heterocycles. The largest absolute Gasteiger partial charge is 0.332 e. The molecule has 0 spiro atoms. The van der Waals surface area contributed by atoms with E-state index in [1.807, 2.05) is 6.07 Å². The number of carbonyl (C=O) groups excluding carboxylic acids is 2. The van der Waals surface area contributed by atoms with E-state index in [1.54, 1.807) is 18.2 Å². The maximum Gasteiger partial charge on any atom is 0.226 e. The highest BCUT2D eigenvalue weighted by molar-refractivity contribution is 7.80. The third-order valence-corrected chi connectivity index (χ3v) is 3.41. The predicted molar refractivity (Wildman–Crippen MR) is 98.5 cm³/mol. The van der Waals surface area contributed by atoms with Gasteiger partial charge in [-0.2, -0.15) is 0 Å². The number of rotatable bonds is 8. The van der Waals surface area contributed by atoms with Gasteiger partial charge in [-0.05, 0) is 36.8 Å². The SMILES string of the molecule is CCCCCCCC(=O)NC(=S)Nc1cccc(NC(C)=O)c1. The van der Waals surface area contributed by atoms with Crippen molar-refractivity contribution in [1.29, 1.82) is 0 Å². The van der Waals surface area contributed by atoms with Gasteiger partial charge < -0.3 is 16.0 Å². The van der Waals surface area contributed by atoms with E-state index in [2.05, 4.69) is 22.9 Å². The molecule has 0 aliphatic heterocycles. The summed E-state index contributed by atoms with van der Waals surface area (Å²) in [5.41, 5.74) is 1.39. The maximum atomic E-state index is 11.8. The van der Waals surface area contributed by atoms with Crippen LogP contribution in [0.3, 0.4) is 0 Å². The molecule has 5 nitrogen and oxygen atoms in total. The summed E-state index contributed by atoms with van der Waals surface area (Å²) in [6.07, 6.45) is 6.01. The highest BCUT2D eigenvalue weighted by Gasteiger charge is 2.05. The fourth-order valence-electron chi connectivity index (χ4n) is 2.12. The van der Waals surface area contributed by atoms with Crippen LogP contribution in [0.5, 0.6) is 0 Å². The normalized spacial score (nSPS) is 10.0. The second-order valence-corrected chi connectivity index (χ2v) is 5.84. The van der Waals surface area contributed by atoms with Crippen molar-refractivity contribution in [3.63, 3.8) is 0 Å². The minimum Gasteiger partial charge on any atom is -0.332 e. The van der Waals surface area contributed by atoms with E-state index in [9.17, 15) is 9.59 Å². The lowest BCUT2D eigenvalue weighted by molar-refractivity contribution is -0.119. The highest BCUT2D eigenvalue weighted by atomic mass is 32.1. The van der Waals surface area contributed by atoms with E-state index in [0.29, 0.717) is 17.8 Å². The van der Waals surface area contributed by atoms with Gasteiger partial charge in [0.15, 0.2) is 5.11 Å². The van der Waals surface area contributed by atoms with Crippen molar-refractivity contribution in [3.8, 4) is 0 Å². The van der Waals surface area contributed by atoms with Crippen LogP contribution in [0, 0.1) is 0 Å². The number of benzene rings is 1. The first-order chi connectivity index (χ1) is 11.0. The molecule has 6 heteroatoms. The van der Waals surface area contributed by atoms with Gasteiger partial charge in [0.2, 0.25) is 11.8 Å². The molecule has 0 fully saturated rings. The summed E-state index contributed by atoms with van der Waals surface area (Å²) in [7, 11) is 0. The van der Waals surface area contributed by atoms with Crippen LogP contribution in [0.15, 0.2) is 24.3 Å². The number of hydrogen-bond acceptors (Lipinski definition) is 3. The third-order valence-electron chi connectivity index (χ3n) is 3.20. The van der Waals surface area contributed by atoms with Crippen LogP contribution in [0.2, 0.25) is 0 Å². The number of anilines is 2. The molecule has 1 aromatic carbocycles. The Morgan fingerprint density at radius 3 is 2.35 bits per heavy atom. The zero-order valence-corrected chi connectivity index (χ0v) is 14.6. The molecule has 1 rings (SSSR count). The molecule has 0 aliphatic carbocycles. The van der Waals surface area contributed by atoms with Crippen molar-refractivity contribution in [1.82, 2.24) is 5.32 Å². The molecule has 0 unspecified atom stereocenters. The van der Waals surface area contributed by atoms with Crippen LogP contribution in [0.1, 0.15) is 52.4 Å². The van der Waals surface area contributed by atoms with Gasteiger partial charge >= 0.3 is 0 Å². The topological polar surface area (TPSA) is 70.2 Å². The molecular weight excluding hydrogens is 310 g/mol. The zero-order valence-electron chi connectivity index (χ0n) is 13.8. The Hall–Kier alpha value is -1.95. The Kier molecular flexibility index (Phi) is 8.90. The van der Waals surface area contributed by atoms with Crippen LogP contribution in [0.25, 0.3) is 0 Å². The zero-order chi connectivity index (χ0) is 17.1. The quantitative estimate of drug-likeness (QED) is 0.499. The lowest BCUT2D eigenvalue weighted by Crippen LogP contribution is -2.33. The van der Waals surface area contributed by atoms with E-state index in [4.69, 9.17) is 12.2 Å². The molecule has 2 amide bonds. The fraction of sp³-hybridized carbons (Fsp3) is 0.471. The Balaban J connectivity index is 2.35. The van der Waals surface area contributed by atoms with Crippen LogP contribution in [-0.2, 0) is 9.59 Å². The molecule has 0 saturated heterocycles. The van der Waals surface area contributed by atoms with Gasteiger partial charge in [0.1, 0.15) is 0 Å². The Bertz CT molecular complexity index is 546. The first-order valence-electron chi connectivity index (χ1n) is 7.99. The Labute approximate surface area is 143 Å². The lowest BCUT2D eigenvalue weighted by atomic mass is 10.1. The fourth-order valence-corrected chi connectivity index (χ4v) is 2.35. The smallest absolute Gasteiger partial charge is 0.226 e. The first kappa shape index (κ1) is 19.1. The van der Waals surface area contributed by atoms with Crippen LogP contribution in [0.4, 0.5) is 11.4 Å². The van der Waals surface area contributed by atoms with Gasteiger partial charge in [-0.1, -0.05) is 38.7 Å². The van der Waals surface area contributed by atoms with Crippen molar-refractivity contribution in [2.24, 2.45) is 0 Å². The molecule has 23 heavy (non-hydrogen) atoms.